The molecule has 106 valence electrons. The fourth-order valence-corrected chi connectivity index (χ4v) is 2.25. The Kier molecular flexibility index (Phi) is 4.84. The van der Waals surface area contributed by atoms with Crippen molar-refractivity contribution in [2.24, 2.45) is 0 Å². The van der Waals surface area contributed by atoms with Crippen LogP contribution < -0.4 is 10.5 Å². The molecule has 2 N–H and O–H groups in total. The lowest BCUT2D eigenvalue weighted by atomic mass is 10.0. The first-order valence-corrected chi connectivity index (χ1v) is 7.19. The average molecular weight is 289 g/mol. The number of rotatable bonds is 5. The molecule has 0 aliphatic rings. The largest absolute Gasteiger partial charge is 0.494 e. The molecular formula is C15H19N3OS. The molecule has 4 nitrogen and oxygen atoms in total. The number of hydrogen-bond donors (Lipinski definition) is 2. The Balaban J connectivity index is 2.36. The van der Waals surface area contributed by atoms with E-state index < -0.39 is 0 Å². The summed E-state index contributed by atoms with van der Waals surface area (Å²) < 4.78 is 5.58. The predicted octanol–water partition coefficient (Wildman–Crippen LogP) is 3.37. The van der Waals surface area contributed by atoms with E-state index >= 15 is 0 Å². The fraction of sp³-hybridized carbons (Fsp3) is 0.333. The Morgan fingerprint density at radius 3 is 2.45 bits per heavy atom. The number of nitrogens with zero attached hydrogens (tertiary/aromatic N) is 2. The van der Waals surface area contributed by atoms with Crippen LogP contribution in [0.2, 0.25) is 0 Å². The summed E-state index contributed by atoms with van der Waals surface area (Å²) in [6.07, 6.45) is 1.77. The van der Waals surface area contributed by atoms with Crippen LogP contribution in [0.15, 0.2) is 29.4 Å². The van der Waals surface area contributed by atoms with E-state index in [0.717, 1.165) is 42.0 Å². The van der Waals surface area contributed by atoms with Crippen molar-refractivity contribution in [2.45, 2.75) is 31.8 Å². The zero-order chi connectivity index (χ0) is 14.5. The number of nitrogens with two attached hydrogens (primary N) is 1. The molecule has 20 heavy (non-hydrogen) atoms. The van der Waals surface area contributed by atoms with E-state index in [4.69, 9.17) is 10.5 Å². The van der Waals surface area contributed by atoms with E-state index in [1.807, 2.05) is 31.2 Å². The molecule has 0 unspecified atom stereocenters. The molecule has 0 radical (unpaired) electrons. The number of hydrogen-bond acceptors (Lipinski definition) is 5. The molecule has 0 saturated heterocycles. The lowest BCUT2D eigenvalue weighted by molar-refractivity contribution is 0.317. The maximum atomic E-state index is 6.02. The lowest BCUT2D eigenvalue weighted by Gasteiger charge is -2.11. The van der Waals surface area contributed by atoms with Gasteiger partial charge in [0.2, 0.25) is 0 Å². The molecule has 0 saturated carbocycles. The van der Waals surface area contributed by atoms with Gasteiger partial charge in [-0.05, 0) is 30.5 Å². The van der Waals surface area contributed by atoms with E-state index in [-0.39, 0.29) is 0 Å². The van der Waals surface area contributed by atoms with Crippen LogP contribution in [-0.2, 0) is 6.42 Å². The van der Waals surface area contributed by atoms with Crippen LogP contribution in [-0.4, -0.2) is 16.6 Å². The highest BCUT2D eigenvalue weighted by atomic mass is 32.1. The van der Waals surface area contributed by atoms with Gasteiger partial charge in [-0.2, -0.15) is 0 Å². The van der Waals surface area contributed by atoms with Crippen LogP contribution in [0.5, 0.6) is 5.75 Å². The molecule has 1 heterocycles. The van der Waals surface area contributed by atoms with Gasteiger partial charge in [0.25, 0.3) is 0 Å². The zero-order valence-corrected chi connectivity index (χ0v) is 12.7. The molecule has 0 spiro atoms. The number of benzene rings is 1. The van der Waals surface area contributed by atoms with Crippen molar-refractivity contribution in [3.63, 3.8) is 0 Å². The topological polar surface area (TPSA) is 61.0 Å². The SMILES string of the molecule is CCCOc1ccc(-c2c(N)nc(S)nc2CC)cc1. The molecule has 0 aliphatic heterocycles. The highest BCUT2D eigenvalue weighted by Crippen LogP contribution is 2.30. The number of anilines is 1. The van der Waals surface area contributed by atoms with E-state index in [9.17, 15) is 0 Å². The molecule has 0 aliphatic carbocycles. The average Bonchev–Trinajstić information content (AvgIpc) is 2.45. The van der Waals surface area contributed by atoms with Crippen molar-refractivity contribution in [1.82, 2.24) is 9.97 Å². The van der Waals surface area contributed by atoms with Crippen molar-refractivity contribution in [3.8, 4) is 16.9 Å². The van der Waals surface area contributed by atoms with Crippen molar-refractivity contribution in [2.75, 3.05) is 12.3 Å². The third-order valence-electron chi connectivity index (χ3n) is 2.95. The second-order valence-electron chi connectivity index (χ2n) is 4.46. The minimum Gasteiger partial charge on any atom is -0.494 e. The maximum absolute atomic E-state index is 6.02. The number of aryl methyl sites for hydroxylation is 1. The van der Waals surface area contributed by atoms with Crippen LogP contribution >= 0.6 is 12.6 Å². The van der Waals surface area contributed by atoms with E-state index in [2.05, 4.69) is 29.5 Å². The van der Waals surface area contributed by atoms with Crippen LogP contribution in [0.3, 0.4) is 0 Å². The second kappa shape index (κ2) is 6.61. The molecule has 2 aromatic rings. The van der Waals surface area contributed by atoms with Crippen LogP contribution in [0, 0.1) is 0 Å². The van der Waals surface area contributed by atoms with Crippen molar-refractivity contribution < 1.29 is 4.74 Å². The fourth-order valence-electron chi connectivity index (χ4n) is 2.02. The molecular weight excluding hydrogens is 270 g/mol. The Bertz CT molecular complexity index is 584. The summed E-state index contributed by atoms with van der Waals surface area (Å²) in [6.45, 7) is 4.84. The molecule has 2 rings (SSSR count). The van der Waals surface area contributed by atoms with Crippen molar-refractivity contribution in [1.29, 1.82) is 0 Å². The van der Waals surface area contributed by atoms with Crippen LogP contribution in [0.1, 0.15) is 26.0 Å². The van der Waals surface area contributed by atoms with Crippen LogP contribution in [0.25, 0.3) is 11.1 Å². The third-order valence-corrected chi connectivity index (χ3v) is 3.15. The molecule has 1 aromatic heterocycles. The first kappa shape index (κ1) is 14.7. The summed E-state index contributed by atoms with van der Waals surface area (Å²) in [4.78, 5) is 8.47. The number of ether oxygens (including phenoxy) is 1. The molecule has 0 fully saturated rings. The third kappa shape index (κ3) is 3.22. The molecule has 5 heteroatoms. The maximum Gasteiger partial charge on any atom is 0.186 e. The van der Waals surface area contributed by atoms with Crippen molar-refractivity contribution >= 4 is 18.4 Å². The minimum absolute atomic E-state index is 0.408. The van der Waals surface area contributed by atoms with Gasteiger partial charge in [0, 0.05) is 5.56 Å². The summed E-state index contributed by atoms with van der Waals surface area (Å²) in [6, 6.07) is 7.85. The lowest BCUT2D eigenvalue weighted by Crippen LogP contribution is -2.03. The van der Waals surface area contributed by atoms with Crippen molar-refractivity contribution in [3.05, 3.63) is 30.0 Å². The van der Waals surface area contributed by atoms with Gasteiger partial charge in [-0.15, -0.1) is 12.6 Å². The van der Waals surface area contributed by atoms with Crippen LogP contribution in [0.4, 0.5) is 5.82 Å². The van der Waals surface area contributed by atoms with Gasteiger partial charge in [0.15, 0.2) is 5.16 Å². The summed E-state index contributed by atoms with van der Waals surface area (Å²) >= 11 is 4.17. The Morgan fingerprint density at radius 1 is 1.15 bits per heavy atom. The summed E-state index contributed by atoms with van der Waals surface area (Å²) in [5, 5.41) is 0.408. The highest BCUT2D eigenvalue weighted by molar-refractivity contribution is 7.80. The molecule has 0 bridgehead atoms. The Hall–Kier alpha value is -1.75. The Morgan fingerprint density at radius 2 is 1.85 bits per heavy atom. The smallest absolute Gasteiger partial charge is 0.186 e. The minimum atomic E-state index is 0.408. The molecule has 0 atom stereocenters. The van der Waals surface area contributed by atoms with E-state index in [0.29, 0.717) is 11.0 Å². The number of nitrogen functional groups attached to an aromatic ring is 1. The van der Waals surface area contributed by atoms with Gasteiger partial charge >= 0.3 is 0 Å². The van der Waals surface area contributed by atoms with Gasteiger partial charge in [0.05, 0.1) is 12.3 Å². The van der Waals surface area contributed by atoms with Gasteiger partial charge in [-0.1, -0.05) is 26.0 Å². The van der Waals surface area contributed by atoms with Gasteiger partial charge in [-0.3, -0.25) is 0 Å². The standard InChI is InChI=1S/C15H19N3OS/c1-3-9-19-11-7-5-10(6-8-11)13-12(4-2)17-15(20)18-14(13)16/h5-8H,3-4,9H2,1-2H3,(H3,16,17,18,20). The monoisotopic (exact) mass is 289 g/mol. The highest BCUT2D eigenvalue weighted by Gasteiger charge is 2.12. The first-order chi connectivity index (χ1) is 9.65. The van der Waals surface area contributed by atoms with Gasteiger partial charge < -0.3 is 10.5 Å². The molecule has 0 amide bonds. The number of thiol groups is 1. The van der Waals surface area contributed by atoms with Gasteiger partial charge in [0.1, 0.15) is 11.6 Å². The quantitative estimate of drug-likeness (QED) is 0.654. The first-order valence-electron chi connectivity index (χ1n) is 6.74. The predicted molar refractivity (Wildman–Crippen MR) is 84.3 cm³/mol. The van der Waals surface area contributed by atoms with E-state index in [1.165, 1.54) is 0 Å². The normalized spacial score (nSPS) is 10.6. The number of aromatic nitrogens is 2. The zero-order valence-electron chi connectivity index (χ0n) is 11.8. The Labute approximate surface area is 124 Å². The second-order valence-corrected chi connectivity index (χ2v) is 4.86. The van der Waals surface area contributed by atoms with E-state index in [1.54, 1.807) is 0 Å². The molecule has 1 aromatic carbocycles. The summed E-state index contributed by atoms with van der Waals surface area (Å²) in [5.74, 6) is 1.32. The van der Waals surface area contributed by atoms with Gasteiger partial charge in [-0.25, -0.2) is 9.97 Å². The summed E-state index contributed by atoms with van der Waals surface area (Å²) in [7, 11) is 0. The summed E-state index contributed by atoms with van der Waals surface area (Å²) in [5.41, 5.74) is 8.80.